The van der Waals surface area contributed by atoms with Crippen LogP contribution in [-0.4, -0.2) is 30.7 Å². The van der Waals surface area contributed by atoms with Crippen LogP contribution in [-0.2, 0) is 4.74 Å². The third kappa shape index (κ3) is 3.07. The lowest BCUT2D eigenvalue weighted by atomic mass is 10.1. The standard InChI is InChI=1S/C17H15N3O2S/c1-22-16(21)13-9-5-6-10-14(13)20-11-18-15(19-17(20)23)12-7-3-2-4-8-12/h2-10H,11H2,1H3,(H,18,19,23)/p+1. The molecule has 6 heteroatoms. The number of hydrogen-bond donors (Lipinski definition) is 2. The number of amidine groups is 1. The van der Waals surface area contributed by atoms with Gasteiger partial charge >= 0.3 is 5.97 Å². The Hall–Kier alpha value is -2.73. The number of ether oxygens (including phenoxy) is 1. The van der Waals surface area contributed by atoms with Crippen molar-refractivity contribution in [3.05, 3.63) is 65.7 Å². The van der Waals surface area contributed by atoms with Crippen LogP contribution in [0.2, 0.25) is 0 Å². The van der Waals surface area contributed by atoms with Gasteiger partial charge in [-0.3, -0.25) is 9.89 Å². The molecule has 0 saturated carbocycles. The van der Waals surface area contributed by atoms with Crippen molar-refractivity contribution in [2.45, 2.75) is 0 Å². The monoisotopic (exact) mass is 326 g/mol. The lowest BCUT2D eigenvalue weighted by molar-refractivity contribution is -0.457. The second-order valence-corrected chi connectivity index (χ2v) is 5.33. The fourth-order valence-electron chi connectivity index (χ4n) is 2.41. The van der Waals surface area contributed by atoms with E-state index in [1.165, 1.54) is 7.11 Å². The maximum absolute atomic E-state index is 11.9. The van der Waals surface area contributed by atoms with Crippen LogP contribution in [0.5, 0.6) is 0 Å². The average Bonchev–Trinajstić information content (AvgIpc) is 2.62. The number of methoxy groups -OCH3 is 1. The minimum atomic E-state index is -0.388. The molecule has 0 radical (unpaired) electrons. The molecule has 2 N–H and O–H groups in total. The highest BCUT2D eigenvalue weighted by atomic mass is 32.1. The molecule has 3 rings (SSSR count). The Kier molecular flexibility index (Phi) is 4.34. The number of para-hydroxylation sites is 1. The van der Waals surface area contributed by atoms with Gasteiger partial charge in [0.05, 0.1) is 23.9 Å². The summed E-state index contributed by atoms with van der Waals surface area (Å²) in [6.45, 7) is 0.462. The van der Waals surface area contributed by atoms with Crippen LogP contribution in [0.3, 0.4) is 0 Å². The molecule has 0 spiro atoms. The van der Waals surface area contributed by atoms with Crippen molar-refractivity contribution in [3.8, 4) is 0 Å². The van der Waals surface area contributed by atoms with Crippen molar-refractivity contribution >= 4 is 34.8 Å². The predicted octanol–water partition coefficient (Wildman–Crippen LogP) is 0.653. The van der Waals surface area contributed by atoms with E-state index >= 15 is 0 Å². The van der Waals surface area contributed by atoms with E-state index in [0.29, 0.717) is 23.0 Å². The maximum atomic E-state index is 11.9. The molecule has 2 aromatic rings. The molecule has 0 unspecified atom stereocenters. The molecule has 2 aromatic carbocycles. The lowest BCUT2D eigenvalue weighted by Crippen LogP contribution is -2.85. The van der Waals surface area contributed by atoms with Crippen LogP contribution in [0.15, 0.2) is 54.6 Å². The first kappa shape index (κ1) is 15.2. The van der Waals surface area contributed by atoms with Crippen LogP contribution in [0.1, 0.15) is 15.9 Å². The predicted molar refractivity (Wildman–Crippen MR) is 92.4 cm³/mol. The van der Waals surface area contributed by atoms with E-state index in [0.717, 1.165) is 11.4 Å². The quantitative estimate of drug-likeness (QED) is 0.641. The fourth-order valence-corrected chi connectivity index (χ4v) is 2.68. The van der Waals surface area contributed by atoms with E-state index in [4.69, 9.17) is 17.0 Å². The summed E-state index contributed by atoms with van der Waals surface area (Å²) in [6, 6.07) is 17.1. The van der Waals surface area contributed by atoms with E-state index in [1.54, 1.807) is 12.1 Å². The van der Waals surface area contributed by atoms with Gasteiger partial charge in [-0.2, -0.15) is 0 Å². The summed E-state index contributed by atoms with van der Waals surface area (Å²) in [5.41, 5.74) is 2.20. The van der Waals surface area contributed by atoms with Crippen LogP contribution >= 0.6 is 12.2 Å². The molecule has 0 aliphatic carbocycles. The molecule has 1 heterocycles. The summed E-state index contributed by atoms with van der Waals surface area (Å²) in [5.74, 6) is 0.462. The van der Waals surface area contributed by atoms with Crippen LogP contribution in [0, 0.1) is 0 Å². The molecule has 23 heavy (non-hydrogen) atoms. The van der Waals surface area contributed by atoms with Gasteiger partial charge in [0.25, 0.3) is 10.9 Å². The first-order chi connectivity index (χ1) is 11.2. The molecular formula is C17H16N3O2S+. The molecule has 116 valence electrons. The molecule has 0 saturated heterocycles. The van der Waals surface area contributed by atoms with E-state index in [2.05, 4.69) is 10.3 Å². The minimum Gasteiger partial charge on any atom is -0.465 e. The van der Waals surface area contributed by atoms with Gasteiger partial charge < -0.3 is 4.74 Å². The van der Waals surface area contributed by atoms with E-state index in [1.807, 2.05) is 47.4 Å². The number of benzene rings is 2. The summed E-state index contributed by atoms with van der Waals surface area (Å²) in [6.07, 6.45) is 0. The van der Waals surface area contributed by atoms with Crippen molar-refractivity contribution in [1.29, 1.82) is 0 Å². The molecule has 0 fully saturated rings. The number of hydrogen-bond acceptors (Lipinski definition) is 3. The zero-order valence-corrected chi connectivity index (χ0v) is 13.4. The number of nitrogens with zero attached hydrogens (tertiary/aromatic N) is 1. The summed E-state index contributed by atoms with van der Waals surface area (Å²) in [4.78, 5) is 17.0. The summed E-state index contributed by atoms with van der Waals surface area (Å²) >= 11 is 5.47. The van der Waals surface area contributed by atoms with Gasteiger partial charge in [-0.1, -0.05) is 30.3 Å². The maximum Gasteiger partial charge on any atom is 0.339 e. The van der Waals surface area contributed by atoms with E-state index in [9.17, 15) is 4.79 Å². The van der Waals surface area contributed by atoms with Gasteiger partial charge in [0, 0.05) is 0 Å². The van der Waals surface area contributed by atoms with Gasteiger partial charge in [-0.25, -0.2) is 10.1 Å². The highest BCUT2D eigenvalue weighted by Gasteiger charge is 2.28. The fraction of sp³-hybridized carbons (Fsp3) is 0.118. The highest BCUT2D eigenvalue weighted by Crippen LogP contribution is 2.21. The third-order valence-corrected chi connectivity index (χ3v) is 3.88. The summed E-state index contributed by atoms with van der Waals surface area (Å²) in [7, 11) is 1.37. The number of carbonyl (C=O) groups excluding carboxylic acids is 1. The van der Waals surface area contributed by atoms with Crippen molar-refractivity contribution in [2.24, 2.45) is 0 Å². The number of nitrogens with one attached hydrogen (secondary N) is 2. The van der Waals surface area contributed by atoms with Gasteiger partial charge in [-0.05, 0) is 36.5 Å². The Morgan fingerprint density at radius 1 is 1.17 bits per heavy atom. The summed E-state index contributed by atoms with van der Waals surface area (Å²) < 4.78 is 4.84. The number of anilines is 1. The van der Waals surface area contributed by atoms with Crippen molar-refractivity contribution in [2.75, 3.05) is 18.7 Å². The Morgan fingerprint density at radius 2 is 1.87 bits per heavy atom. The molecule has 1 aliphatic heterocycles. The molecule has 0 bridgehead atoms. The smallest absolute Gasteiger partial charge is 0.339 e. The van der Waals surface area contributed by atoms with Crippen LogP contribution in [0.4, 0.5) is 5.69 Å². The first-order valence-electron chi connectivity index (χ1n) is 7.13. The van der Waals surface area contributed by atoms with Gasteiger partial charge in [0.2, 0.25) is 0 Å². The Morgan fingerprint density at radius 3 is 2.57 bits per heavy atom. The van der Waals surface area contributed by atoms with Crippen LogP contribution < -0.4 is 15.2 Å². The Balaban J connectivity index is 1.91. The zero-order chi connectivity index (χ0) is 16.2. The summed E-state index contributed by atoms with van der Waals surface area (Å²) in [5, 5.41) is 3.70. The number of carbonyl (C=O) groups is 1. The topological polar surface area (TPSA) is 55.5 Å². The minimum absolute atomic E-state index is 0.388. The molecule has 1 aliphatic rings. The molecular weight excluding hydrogens is 310 g/mol. The first-order valence-corrected chi connectivity index (χ1v) is 7.53. The third-order valence-electron chi connectivity index (χ3n) is 3.55. The number of thiocarbonyl (C=S) groups is 1. The average molecular weight is 326 g/mol. The normalized spacial score (nSPS) is 14.0. The molecule has 0 aromatic heterocycles. The molecule has 0 amide bonds. The van der Waals surface area contributed by atoms with Crippen molar-refractivity contribution < 1.29 is 14.5 Å². The van der Waals surface area contributed by atoms with E-state index < -0.39 is 0 Å². The van der Waals surface area contributed by atoms with Gasteiger partial charge in [0.15, 0.2) is 6.67 Å². The lowest BCUT2D eigenvalue weighted by Gasteiger charge is -2.25. The zero-order valence-electron chi connectivity index (χ0n) is 12.6. The second kappa shape index (κ2) is 6.58. The van der Waals surface area contributed by atoms with Crippen molar-refractivity contribution in [1.82, 2.24) is 5.32 Å². The Bertz CT molecular complexity index is 774. The molecule has 0 atom stereocenters. The SMILES string of the molecule is COC(=O)c1ccccc1N1C[NH+]=C(c2ccccc2)NC1=S. The largest absolute Gasteiger partial charge is 0.465 e. The van der Waals surface area contributed by atoms with Gasteiger partial charge in [0.1, 0.15) is 0 Å². The number of rotatable bonds is 3. The molecule has 5 nitrogen and oxygen atoms in total. The number of esters is 1. The van der Waals surface area contributed by atoms with E-state index in [-0.39, 0.29) is 5.97 Å². The second-order valence-electron chi connectivity index (χ2n) is 4.94. The van der Waals surface area contributed by atoms with Gasteiger partial charge in [-0.15, -0.1) is 0 Å². The van der Waals surface area contributed by atoms with Crippen molar-refractivity contribution in [3.63, 3.8) is 0 Å². The highest BCUT2D eigenvalue weighted by molar-refractivity contribution is 7.80. The Labute approximate surface area is 139 Å². The van der Waals surface area contributed by atoms with Crippen LogP contribution in [0.25, 0.3) is 0 Å².